The SMILES string of the molecule is COC(=O)C(C)(C)/C(=C\C1=C(C(Nc2ccc(OC)cc2)c2ccccc2)C(=O)C1(C)C)c1ccccc1. The highest BCUT2D eigenvalue weighted by atomic mass is 16.5. The maximum Gasteiger partial charge on any atom is 0.315 e. The zero-order valence-corrected chi connectivity index (χ0v) is 22.9. The standard InChI is InChI=1S/C33H35NO4/c1-32(2)27(21-26(22-13-9-7-10-14-22)33(3,4)31(36)38-6)28(30(32)35)29(23-15-11-8-12-16-23)34-24-17-19-25(37-5)20-18-24/h7-21,29,34H,1-6H3/b26-21-. The van der Waals surface area contributed by atoms with E-state index in [2.05, 4.69) is 5.32 Å². The van der Waals surface area contributed by atoms with Gasteiger partial charge < -0.3 is 14.8 Å². The Hall–Kier alpha value is -4.12. The number of methoxy groups -OCH3 is 2. The first-order chi connectivity index (χ1) is 18.1. The fraction of sp³-hybridized carbons (Fsp3) is 0.273. The van der Waals surface area contributed by atoms with Crippen LogP contribution < -0.4 is 10.1 Å². The van der Waals surface area contributed by atoms with Crippen LogP contribution in [0.4, 0.5) is 5.69 Å². The molecule has 0 saturated carbocycles. The van der Waals surface area contributed by atoms with Crippen LogP contribution in [0.2, 0.25) is 0 Å². The van der Waals surface area contributed by atoms with Gasteiger partial charge in [0.2, 0.25) is 0 Å². The zero-order valence-electron chi connectivity index (χ0n) is 22.9. The lowest BCUT2D eigenvalue weighted by Crippen LogP contribution is -2.43. The second-order valence-corrected chi connectivity index (χ2v) is 10.5. The van der Waals surface area contributed by atoms with E-state index in [9.17, 15) is 9.59 Å². The van der Waals surface area contributed by atoms with E-state index in [4.69, 9.17) is 9.47 Å². The van der Waals surface area contributed by atoms with E-state index in [1.165, 1.54) is 7.11 Å². The average molecular weight is 510 g/mol. The Bertz CT molecular complexity index is 1370. The molecule has 0 bridgehead atoms. The minimum Gasteiger partial charge on any atom is -0.497 e. The number of benzene rings is 3. The van der Waals surface area contributed by atoms with Crippen molar-refractivity contribution in [2.24, 2.45) is 10.8 Å². The van der Waals surface area contributed by atoms with E-state index >= 15 is 0 Å². The third-order valence-corrected chi connectivity index (χ3v) is 7.34. The first-order valence-corrected chi connectivity index (χ1v) is 12.7. The number of ether oxygens (including phenoxy) is 2. The number of rotatable bonds is 9. The van der Waals surface area contributed by atoms with Crippen LogP contribution in [0.5, 0.6) is 5.75 Å². The summed E-state index contributed by atoms with van der Waals surface area (Å²) in [6, 6.07) is 27.0. The van der Waals surface area contributed by atoms with Crippen molar-refractivity contribution in [2.75, 3.05) is 19.5 Å². The summed E-state index contributed by atoms with van der Waals surface area (Å²) in [4.78, 5) is 26.6. The van der Waals surface area contributed by atoms with Crippen LogP contribution in [0, 0.1) is 10.8 Å². The molecule has 1 N–H and O–H groups in total. The number of ketones is 1. The van der Waals surface area contributed by atoms with Crippen LogP contribution in [0.3, 0.4) is 0 Å². The van der Waals surface area contributed by atoms with E-state index in [-0.39, 0.29) is 17.8 Å². The van der Waals surface area contributed by atoms with Gasteiger partial charge in [-0.1, -0.05) is 66.7 Å². The summed E-state index contributed by atoms with van der Waals surface area (Å²) < 4.78 is 10.5. The van der Waals surface area contributed by atoms with Gasteiger partial charge in [-0.25, -0.2) is 0 Å². The monoisotopic (exact) mass is 509 g/mol. The molecule has 1 unspecified atom stereocenters. The second kappa shape index (κ2) is 10.7. The largest absolute Gasteiger partial charge is 0.497 e. The Balaban J connectivity index is 1.92. The van der Waals surface area contributed by atoms with Crippen LogP contribution in [0.25, 0.3) is 5.57 Å². The van der Waals surface area contributed by atoms with Crippen molar-refractivity contribution in [1.29, 1.82) is 0 Å². The number of Topliss-reactive ketones (excluding diaryl/α,β-unsaturated/α-hetero) is 1. The number of esters is 1. The van der Waals surface area contributed by atoms with Gasteiger partial charge in [-0.15, -0.1) is 0 Å². The Kier molecular flexibility index (Phi) is 7.58. The minimum absolute atomic E-state index is 0.0712. The molecule has 0 aromatic heterocycles. The normalized spacial score (nSPS) is 15.9. The molecule has 3 aromatic carbocycles. The lowest BCUT2D eigenvalue weighted by molar-refractivity contribution is -0.147. The molecule has 0 saturated heterocycles. The zero-order chi connectivity index (χ0) is 27.5. The van der Waals surface area contributed by atoms with Crippen molar-refractivity contribution in [3.8, 4) is 5.75 Å². The van der Waals surface area contributed by atoms with Crippen molar-refractivity contribution in [1.82, 2.24) is 0 Å². The average Bonchev–Trinajstić information content (AvgIpc) is 2.94. The number of anilines is 1. The molecule has 3 aromatic rings. The summed E-state index contributed by atoms with van der Waals surface area (Å²) in [5.41, 5.74) is 3.48. The molecule has 0 fully saturated rings. The Morgan fingerprint density at radius 3 is 2.03 bits per heavy atom. The number of nitrogens with one attached hydrogen (secondary N) is 1. The van der Waals surface area contributed by atoms with Crippen LogP contribution in [-0.2, 0) is 14.3 Å². The highest BCUT2D eigenvalue weighted by Gasteiger charge is 2.49. The molecule has 5 nitrogen and oxygen atoms in total. The summed E-state index contributed by atoms with van der Waals surface area (Å²) >= 11 is 0. The van der Waals surface area contributed by atoms with Gasteiger partial charge in [-0.05, 0) is 74.2 Å². The van der Waals surface area contributed by atoms with Gasteiger partial charge >= 0.3 is 5.97 Å². The van der Waals surface area contributed by atoms with E-state index in [0.29, 0.717) is 5.57 Å². The van der Waals surface area contributed by atoms with Gasteiger partial charge in [0.1, 0.15) is 5.75 Å². The lowest BCUT2D eigenvalue weighted by Gasteiger charge is -2.42. The number of carbonyl (C=O) groups is 2. The van der Waals surface area contributed by atoms with Crippen LogP contribution in [-0.4, -0.2) is 26.0 Å². The summed E-state index contributed by atoms with van der Waals surface area (Å²) in [5, 5.41) is 3.58. The third kappa shape index (κ3) is 5.01. The van der Waals surface area contributed by atoms with Crippen molar-refractivity contribution in [2.45, 2.75) is 33.7 Å². The van der Waals surface area contributed by atoms with Crippen molar-refractivity contribution in [3.63, 3.8) is 0 Å². The van der Waals surface area contributed by atoms with E-state index in [0.717, 1.165) is 33.7 Å². The molecule has 0 amide bonds. The summed E-state index contributed by atoms with van der Waals surface area (Å²) in [5.74, 6) is 0.490. The van der Waals surface area contributed by atoms with Crippen LogP contribution >= 0.6 is 0 Å². The summed E-state index contributed by atoms with van der Waals surface area (Å²) in [7, 11) is 3.03. The topological polar surface area (TPSA) is 64.6 Å². The highest BCUT2D eigenvalue weighted by Crippen LogP contribution is 2.51. The second-order valence-electron chi connectivity index (χ2n) is 10.5. The molecule has 0 aliphatic heterocycles. The lowest BCUT2D eigenvalue weighted by atomic mass is 9.61. The fourth-order valence-corrected chi connectivity index (χ4v) is 4.97. The molecular weight excluding hydrogens is 474 g/mol. The Labute approximate surface area is 225 Å². The Morgan fingerprint density at radius 1 is 0.895 bits per heavy atom. The van der Waals surface area contributed by atoms with E-state index in [1.54, 1.807) is 7.11 Å². The summed E-state index contributed by atoms with van der Waals surface area (Å²) in [6.07, 6.45) is 2.02. The highest BCUT2D eigenvalue weighted by molar-refractivity contribution is 6.12. The summed E-state index contributed by atoms with van der Waals surface area (Å²) in [6.45, 7) is 7.59. The van der Waals surface area contributed by atoms with E-state index < -0.39 is 10.8 Å². The molecule has 0 heterocycles. The minimum atomic E-state index is -0.936. The van der Waals surface area contributed by atoms with Crippen molar-refractivity contribution < 1.29 is 19.1 Å². The quantitative estimate of drug-likeness (QED) is 0.314. The fourth-order valence-electron chi connectivity index (χ4n) is 4.97. The molecular formula is C33H35NO4. The molecule has 38 heavy (non-hydrogen) atoms. The maximum absolute atomic E-state index is 13.7. The molecule has 1 aliphatic carbocycles. The van der Waals surface area contributed by atoms with Crippen LogP contribution in [0.1, 0.15) is 44.9 Å². The number of hydrogen-bond acceptors (Lipinski definition) is 5. The number of carbonyl (C=O) groups excluding carboxylic acids is 2. The van der Waals surface area contributed by atoms with E-state index in [1.807, 2.05) is 119 Å². The molecule has 196 valence electrons. The van der Waals surface area contributed by atoms with Crippen LogP contribution in [0.15, 0.2) is 102 Å². The predicted molar refractivity (Wildman–Crippen MR) is 152 cm³/mol. The van der Waals surface area contributed by atoms with Gasteiger partial charge in [0.25, 0.3) is 0 Å². The first-order valence-electron chi connectivity index (χ1n) is 12.7. The van der Waals surface area contributed by atoms with Crippen molar-refractivity contribution in [3.05, 3.63) is 113 Å². The van der Waals surface area contributed by atoms with Gasteiger partial charge in [0, 0.05) is 11.3 Å². The molecule has 0 radical (unpaired) electrons. The van der Waals surface area contributed by atoms with Gasteiger partial charge in [-0.2, -0.15) is 0 Å². The molecule has 1 aliphatic rings. The molecule has 1 atom stereocenters. The van der Waals surface area contributed by atoms with Gasteiger partial charge in [0.05, 0.1) is 31.1 Å². The molecule has 4 rings (SSSR count). The van der Waals surface area contributed by atoms with Gasteiger partial charge in [0.15, 0.2) is 5.78 Å². The number of hydrogen-bond donors (Lipinski definition) is 1. The molecule has 5 heteroatoms. The van der Waals surface area contributed by atoms with Crippen molar-refractivity contribution >= 4 is 23.0 Å². The predicted octanol–water partition coefficient (Wildman–Crippen LogP) is 7.04. The first kappa shape index (κ1) is 26.9. The number of allylic oxidation sites excluding steroid dienone is 2. The third-order valence-electron chi connectivity index (χ3n) is 7.34. The molecule has 0 spiro atoms. The van der Waals surface area contributed by atoms with Gasteiger partial charge in [-0.3, -0.25) is 9.59 Å². The Morgan fingerprint density at radius 2 is 1.47 bits per heavy atom. The smallest absolute Gasteiger partial charge is 0.315 e. The maximum atomic E-state index is 13.7.